The van der Waals surface area contributed by atoms with Crippen LogP contribution in [0, 0.1) is 0 Å². The van der Waals surface area contributed by atoms with Gasteiger partial charge in [0.15, 0.2) is 0 Å². The number of hydrogen-bond acceptors (Lipinski definition) is 2. The Labute approximate surface area is 112 Å². The standard InChI is InChI=1S/C16H27NO/c1-5-7-12-18-16-10-8-15(9-11-16)14(4)17-13(3)6-2/h8-11,13-14,17H,5-7,12H2,1-4H3/t13-,14+/m1/s1. The molecule has 1 rings (SSSR count). The molecule has 0 aromatic heterocycles. The average Bonchev–Trinajstić information content (AvgIpc) is 2.39. The predicted octanol–water partition coefficient (Wildman–Crippen LogP) is 4.31. The van der Waals surface area contributed by atoms with Crippen molar-refractivity contribution in [3.05, 3.63) is 29.8 Å². The van der Waals surface area contributed by atoms with E-state index in [0.29, 0.717) is 12.1 Å². The normalized spacial score (nSPS) is 14.2. The first-order valence-corrected chi connectivity index (χ1v) is 7.16. The van der Waals surface area contributed by atoms with E-state index in [1.165, 1.54) is 12.0 Å². The van der Waals surface area contributed by atoms with Crippen LogP contribution in [-0.2, 0) is 0 Å². The lowest BCUT2D eigenvalue weighted by Gasteiger charge is -2.19. The first-order valence-electron chi connectivity index (χ1n) is 7.16. The molecule has 0 aliphatic rings. The minimum atomic E-state index is 0.393. The molecule has 0 aliphatic carbocycles. The quantitative estimate of drug-likeness (QED) is 0.693. The van der Waals surface area contributed by atoms with Gasteiger partial charge >= 0.3 is 0 Å². The number of ether oxygens (including phenoxy) is 1. The number of unbranched alkanes of at least 4 members (excludes halogenated alkanes) is 1. The summed E-state index contributed by atoms with van der Waals surface area (Å²) >= 11 is 0. The van der Waals surface area contributed by atoms with E-state index in [-0.39, 0.29) is 0 Å². The maximum Gasteiger partial charge on any atom is 0.119 e. The van der Waals surface area contributed by atoms with Gasteiger partial charge in [0.25, 0.3) is 0 Å². The Hall–Kier alpha value is -1.02. The molecule has 2 atom stereocenters. The summed E-state index contributed by atoms with van der Waals surface area (Å²) in [4.78, 5) is 0. The van der Waals surface area contributed by atoms with Crippen LogP contribution in [0.5, 0.6) is 5.75 Å². The van der Waals surface area contributed by atoms with Gasteiger partial charge in [0.1, 0.15) is 5.75 Å². The SMILES string of the molecule is CCCCOc1ccc([C@H](C)N[C@H](C)CC)cc1. The van der Waals surface area contributed by atoms with E-state index in [1.54, 1.807) is 0 Å². The Balaban J connectivity index is 2.48. The molecule has 1 aromatic carbocycles. The van der Waals surface area contributed by atoms with Crippen molar-refractivity contribution in [1.29, 1.82) is 0 Å². The van der Waals surface area contributed by atoms with Gasteiger partial charge in [0.2, 0.25) is 0 Å². The molecular formula is C16H27NO. The molecule has 18 heavy (non-hydrogen) atoms. The van der Waals surface area contributed by atoms with E-state index in [9.17, 15) is 0 Å². The molecule has 0 bridgehead atoms. The third-order valence-electron chi connectivity index (χ3n) is 3.29. The summed E-state index contributed by atoms with van der Waals surface area (Å²) in [6.45, 7) is 9.62. The van der Waals surface area contributed by atoms with Crippen LogP contribution in [0.15, 0.2) is 24.3 Å². The van der Waals surface area contributed by atoms with E-state index in [0.717, 1.165) is 25.2 Å². The Morgan fingerprint density at radius 2 is 1.78 bits per heavy atom. The lowest BCUT2D eigenvalue weighted by Crippen LogP contribution is -2.28. The Morgan fingerprint density at radius 1 is 1.11 bits per heavy atom. The van der Waals surface area contributed by atoms with Gasteiger partial charge < -0.3 is 10.1 Å². The third-order valence-corrected chi connectivity index (χ3v) is 3.29. The van der Waals surface area contributed by atoms with Crippen molar-refractivity contribution in [3.63, 3.8) is 0 Å². The molecule has 2 nitrogen and oxygen atoms in total. The van der Waals surface area contributed by atoms with Crippen LogP contribution in [0.4, 0.5) is 0 Å². The second kappa shape index (κ2) is 8.15. The number of benzene rings is 1. The summed E-state index contributed by atoms with van der Waals surface area (Å²) < 4.78 is 5.66. The van der Waals surface area contributed by atoms with Gasteiger partial charge in [0, 0.05) is 12.1 Å². The topological polar surface area (TPSA) is 21.3 Å². The molecule has 0 saturated carbocycles. The van der Waals surface area contributed by atoms with Crippen molar-refractivity contribution < 1.29 is 4.74 Å². The van der Waals surface area contributed by atoms with Crippen molar-refractivity contribution in [2.75, 3.05) is 6.61 Å². The Morgan fingerprint density at radius 3 is 2.33 bits per heavy atom. The highest BCUT2D eigenvalue weighted by Crippen LogP contribution is 2.18. The zero-order chi connectivity index (χ0) is 13.4. The fourth-order valence-electron chi connectivity index (χ4n) is 1.83. The van der Waals surface area contributed by atoms with Crippen LogP contribution in [-0.4, -0.2) is 12.6 Å². The minimum Gasteiger partial charge on any atom is -0.494 e. The van der Waals surface area contributed by atoms with Crippen molar-refractivity contribution in [3.8, 4) is 5.75 Å². The summed E-state index contributed by atoms with van der Waals surface area (Å²) in [5, 5.41) is 3.58. The van der Waals surface area contributed by atoms with Crippen molar-refractivity contribution in [1.82, 2.24) is 5.32 Å². The van der Waals surface area contributed by atoms with Crippen molar-refractivity contribution in [2.45, 2.75) is 59.0 Å². The molecule has 0 fully saturated rings. The van der Waals surface area contributed by atoms with Crippen LogP contribution in [0.3, 0.4) is 0 Å². The maximum absolute atomic E-state index is 5.66. The smallest absolute Gasteiger partial charge is 0.119 e. The van der Waals surface area contributed by atoms with E-state index >= 15 is 0 Å². The van der Waals surface area contributed by atoms with Crippen LogP contribution in [0.1, 0.15) is 58.6 Å². The van der Waals surface area contributed by atoms with E-state index in [4.69, 9.17) is 4.74 Å². The molecule has 1 aromatic rings. The van der Waals surface area contributed by atoms with E-state index < -0.39 is 0 Å². The highest BCUT2D eigenvalue weighted by atomic mass is 16.5. The monoisotopic (exact) mass is 249 g/mol. The molecule has 0 spiro atoms. The molecule has 102 valence electrons. The maximum atomic E-state index is 5.66. The summed E-state index contributed by atoms with van der Waals surface area (Å²) in [6.07, 6.45) is 3.45. The van der Waals surface area contributed by atoms with Crippen LogP contribution in [0.25, 0.3) is 0 Å². The second-order valence-corrected chi connectivity index (χ2v) is 4.97. The lowest BCUT2D eigenvalue weighted by molar-refractivity contribution is 0.309. The zero-order valence-electron chi connectivity index (χ0n) is 12.2. The fourth-order valence-corrected chi connectivity index (χ4v) is 1.83. The summed E-state index contributed by atoms with van der Waals surface area (Å²) in [6, 6.07) is 9.40. The van der Waals surface area contributed by atoms with E-state index in [2.05, 4.69) is 57.3 Å². The summed E-state index contributed by atoms with van der Waals surface area (Å²) in [5.41, 5.74) is 1.32. The first kappa shape index (κ1) is 15.0. The average molecular weight is 249 g/mol. The molecular weight excluding hydrogens is 222 g/mol. The molecule has 0 heterocycles. The largest absolute Gasteiger partial charge is 0.494 e. The molecule has 0 unspecified atom stereocenters. The molecule has 0 radical (unpaired) electrons. The molecule has 2 heteroatoms. The molecule has 1 N–H and O–H groups in total. The van der Waals surface area contributed by atoms with Gasteiger partial charge in [-0.1, -0.05) is 32.4 Å². The van der Waals surface area contributed by atoms with Gasteiger partial charge in [0.05, 0.1) is 6.61 Å². The number of rotatable bonds is 8. The predicted molar refractivity (Wildman–Crippen MR) is 78.1 cm³/mol. The van der Waals surface area contributed by atoms with Crippen LogP contribution >= 0.6 is 0 Å². The third kappa shape index (κ3) is 5.09. The highest BCUT2D eigenvalue weighted by molar-refractivity contribution is 5.28. The minimum absolute atomic E-state index is 0.393. The highest BCUT2D eigenvalue weighted by Gasteiger charge is 2.07. The van der Waals surface area contributed by atoms with Crippen molar-refractivity contribution in [2.24, 2.45) is 0 Å². The lowest BCUT2D eigenvalue weighted by atomic mass is 10.1. The Kier molecular flexibility index (Phi) is 6.81. The fraction of sp³-hybridized carbons (Fsp3) is 0.625. The number of nitrogens with one attached hydrogen (secondary N) is 1. The summed E-state index contributed by atoms with van der Waals surface area (Å²) in [7, 11) is 0. The Bertz CT molecular complexity index is 320. The van der Waals surface area contributed by atoms with Gasteiger partial charge in [-0.3, -0.25) is 0 Å². The van der Waals surface area contributed by atoms with Gasteiger partial charge in [-0.15, -0.1) is 0 Å². The van der Waals surface area contributed by atoms with Crippen molar-refractivity contribution >= 4 is 0 Å². The molecule has 0 amide bonds. The first-order chi connectivity index (χ1) is 8.67. The number of hydrogen-bond donors (Lipinski definition) is 1. The van der Waals surface area contributed by atoms with Gasteiger partial charge in [-0.05, 0) is 44.4 Å². The second-order valence-electron chi connectivity index (χ2n) is 4.97. The summed E-state index contributed by atoms with van der Waals surface area (Å²) in [5.74, 6) is 0.975. The van der Waals surface area contributed by atoms with E-state index in [1.807, 2.05) is 0 Å². The zero-order valence-corrected chi connectivity index (χ0v) is 12.2. The molecule has 0 saturated heterocycles. The van der Waals surface area contributed by atoms with Gasteiger partial charge in [-0.25, -0.2) is 0 Å². The van der Waals surface area contributed by atoms with Crippen LogP contribution in [0.2, 0.25) is 0 Å². The molecule has 0 aliphatic heterocycles. The van der Waals surface area contributed by atoms with Crippen LogP contribution < -0.4 is 10.1 Å². The van der Waals surface area contributed by atoms with Gasteiger partial charge in [-0.2, -0.15) is 0 Å².